The summed E-state index contributed by atoms with van der Waals surface area (Å²) in [6, 6.07) is 7.23. The molecule has 5 nitrogen and oxygen atoms in total. The first-order valence-corrected chi connectivity index (χ1v) is 9.16. The summed E-state index contributed by atoms with van der Waals surface area (Å²) in [5.74, 6) is 1.32. The second kappa shape index (κ2) is 7.19. The van der Waals surface area contributed by atoms with Crippen molar-refractivity contribution in [3.05, 3.63) is 46.1 Å². The zero-order chi connectivity index (χ0) is 18.0. The number of nitrogens with zero attached hydrogens (tertiary/aromatic N) is 2. The van der Waals surface area contributed by atoms with Crippen LogP contribution in [0.2, 0.25) is 0 Å². The third-order valence-corrected chi connectivity index (χ3v) is 5.15. The third-order valence-electron chi connectivity index (χ3n) is 4.05. The molecule has 0 radical (unpaired) electrons. The molecule has 0 aliphatic heterocycles. The molecule has 25 heavy (non-hydrogen) atoms. The molecule has 0 unspecified atom stereocenters. The first-order chi connectivity index (χ1) is 12.0. The van der Waals surface area contributed by atoms with Crippen LogP contribution in [0, 0.1) is 13.8 Å². The van der Waals surface area contributed by atoms with Crippen molar-refractivity contribution in [3.8, 4) is 0 Å². The van der Waals surface area contributed by atoms with E-state index in [1.807, 2.05) is 19.1 Å². The summed E-state index contributed by atoms with van der Waals surface area (Å²) >= 11 is 1.69. The van der Waals surface area contributed by atoms with Crippen molar-refractivity contribution >= 4 is 39.0 Å². The molecule has 3 aromatic rings. The Morgan fingerprint density at radius 2 is 1.88 bits per heavy atom. The summed E-state index contributed by atoms with van der Waals surface area (Å²) in [5.41, 5.74) is 2.61. The van der Waals surface area contributed by atoms with Gasteiger partial charge in [0.15, 0.2) is 0 Å². The minimum absolute atomic E-state index is 0.309. The van der Waals surface area contributed by atoms with Crippen LogP contribution in [-0.2, 0) is 11.2 Å². The van der Waals surface area contributed by atoms with E-state index in [4.69, 9.17) is 4.74 Å². The molecule has 0 spiro atoms. The van der Waals surface area contributed by atoms with E-state index in [-0.39, 0.29) is 5.97 Å². The highest BCUT2D eigenvalue weighted by Gasteiger charge is 2.14. The number of rotatable bonds is 5. The van der Waals surface area contributed by atoms with Gasteiger partial charge in [0.05, 0.1) is 17.6 Å². The normalized spacial score (nSPS) is 10.9. The van der Waals surface area contributed by atoms with Crippen molar-refractivity contribution < 1.29 is 9.53 Å². The molecule has 130 valence electrons. The van der Waals surface area contributed by atoms with Crippen LogP contribution in [0.3, 0.4) is 0 Å². The molecule has 0 atom stereocenters. The lowest BCUT2D eigenvalue weighted by molar-refractivity contribution is 0.0526. The average Bonchev–Trinajstić information content (AvgIpc) is 2.90. The van der Waals surface area contributed by atoms with E-state index in [1.165, 1.54) is 10.4 Å². The minimum atomic E-state index is -0.309. The summed E-state index contributed by atoms with van der Waals surface area (Å²) in [5, 5.41) is 4.44. The zero-order valence-electron chi connectivity index (χ0n) is 14.8. The van der Waals surface area contributed by atoms with Crippen LogP contribution in [0.15, 0.2) is 24.3 Å². The molecule has 0 bridgehead atoms. The van der Waals surface area contributed by atoms with Gasteiger partial charge in [-0.25, -0.2) is 14.8 Å². The number of carbonyl (C=O) groups excluding carboxylic acids is 1. The zero-order valence-corrected chi connectivity index (χ0v) is 15.7. The van der Waals surface area contributed by atoms with Crippen molar-refractivity contribution in [3.63, 3.8) is 0 Å². The number of esters is 1. The lowest BCUT2D eigenvalue weighted by Crippen LogP contribution is -2.05. The molecule has 2 aromatic heterocycles. The van der Waals surface area contributed by atoms with Crippen molar-refractivity contribution in [2.24, 2.45) is 0 Å². The first kappa shape index (κ1) is 17.4. The maximum absolute atomic E-state index is 11.8. The van der Waals surface area contributed by atoms with Gasteiger partial charge in [-0.2, -0.15) is 0 Å². The van der Waals surface area contributed by atoms with Crippen LogP contribution in [0.5, 0.6) is 0 Å². The summed E-state index contributed by atoms with van der Waals surface area (Å²) in [6.07, 6.45) is 0.780. The van der Waals surface area contributed by atoms with Gasteiger partial charge in [-0.1, -0.05) is 6.92 Å². The molecule has 0 amide bonds. The summed E-state index contributed by atoms with van der Waals surface area (Å²) < 4.78 is 5.01. The van der Waals surface area contributed by atoms with Crippen molar-refractivity contribution in [2.75, 3.05) is 11.9 Å². The van der Waals surface area contributed by atoms with Gasteiger partial charge < -0.3 is 10.1 Å². The van der Waals surface area contributed by atoms with E-state index < -0.39 is 0 Å². The Bertz CT molecular complexity index is 917. The maximum atomic E-state index is 11.8. The Labute approximate surface area is 151 Å². The van der Waals surface area contributed by atoms with Crippen LogP contribution in [0.25, 0.3) is 10.2 Å². The SMILES string of the molecule is CCOC(=O)c1ccc(Nc2nc(CC)nc3sc(C)c(C)c23)cc1. The number of thiophene rings is 1. The second-order valence-electron chi connectivity index (χ2n) is 5.73. The third kappa shape index (κ3) is 3.49. The number of ether oxygens (including phenoxy) is 1. The number of nitrogens with one attached hydrogen (secondary N) is 1. The molecule has 0 fully saturated rings. The second-order valence-corrected chi connectivity index (χ2v) is 6.93. The van der Waals surface area contributed by atoms with Gasteiger partial charge in [-0.3, -0.25) is 0 Å². The highest BCUT2D eigenvalue weighted by atomic mass is 32.1. The topological polar surface area (TPSA) is 64.1 Å². The number of hydrogen-bond donors (Lipinski definition) is 1. The van der Waals surface area contributed by atoms with Gasteiger partial charge in [0, 0.05) is 17.0 Å². The molecular weight excluding hydrogens is 334 g/mol. The average molecular weight is 355 g/mol. The minimum Gasteiger partial charge on any atom is -0.462 e. The summed E-state index contributed by atoms with van der Waals surface area (Å²) in [7, 11) is 0. The highest BCUT2D eigenvalue weighted by Crippen LogP contribution is 2.34. The van der Waals surface area contributed by atoms with Gasteiger partial charge in [-0.15, -0.1) is 11.3 Å². The summed E-state index contributed by atoms with van der Waals surface area (Å²) in [4.78, 5) is 23.3. The number of carbonyl (C=O) groups is 1. The maximum Gasteiger partial charge on any atom is 0.338 e. The molecule has 3 rings (SSSR count). The van der Waals surface area contributed by atoms with Gasteiger partial charge >= 0.3 is 5.97 Å². The van der Waals surface area contributed by atoms with Crippen LogP contribution >= 0.6 is 11.3 Å². The molecule has 2 heterocycles. The molecule has 1 N–H and O–H groups in total. The molecule has 1 aromatic carbocycles. The fourth-order valence-corrected chi connectivity index (χ4v) is 3.63. The van der Waals surface area contributed by atoms with Gasteiger partial charge in [0.2, 0.25) is 0 Å². The van der Waals surface area contributed by atoms with Crippen molar-refractivity contribution in [1.29, 1.82) is 0 Å². The number of aryl methyl sites for hydroxylation is 3. The van der Waals surface area contributed by atoms with E-state index in [1.54, 1.807) is 30.4 Å². The van der Waals surface area contributed by atoms with E-state index in [2.05, 4.69) is 29.1 Å². The number of anilines is 2. The van der Waals surface area contributed by atoms with E-state index in [0.717, 1.165) is 34.0 Å². The van der Waals surface area contributed by atoms with Gasteiger partial charge in [0.1, 0.15) is 16.5 Å². The van der Waals surface area contributed by atoms with Crippen LogP contribution < -0.4 is 5.32 Å². The molecule has 0 saturated carbocycles. The monoisotopic (exact) mass is 355 g/mol. The molecule has 0 aliphatic rings. The largest absolute Gasteiger partial charge is 0.462 e. The number of hydrogen-bond acceptors (Lipinski definition) is 6. The standard InChI is InChI=1S/C19H21N3O2S/c1-5-15-21-17(16-11(3)12(4)25-18(16)22-15)20-14-9-7-13(8-10-14)19(23)24-6-2/h7-10H,5-6H2,1-4H3,(H,20,21,22). The Morgan fingerprint density at radius 1 is 1.16 bits per heavy atom. The lowest BCUT2D eigenvalue weighted by atomic mass is 10.2. The molecule has 0 saturated heterocycles. The van der Waals surface area contributed by atoms with Crippen molar-refractivity contribution in [1.82, 2.24) is 9.97 Å². The Hall–Kier alpha value is -2.47. The van der Waals surface area contributed by atoms with Crippen LogP contribution in [0.4, 0.5) is 11.5 Å². The van der Waals surface area contributed by atoms with E-state index in [0.29, 0.717) is 12.2 Å². The van der Waals surface area contributed by atoms with Crippen LogP contribution in [-0.4, -0.2) is 22.5 Å². The molecule has 0 aliphatic carbocycles. The smallest absolute Gasteiger partial charge is 0.338 e. The van der Waals surface area contributed by atoms with Crippen molar-refractivity contribution in [2.45, 2.75) is 34.1 Å². The predicted molar refractivity (Wildman–Crippen MR) is 102 cm³/mol. The Kier molecular flexibility index (Phi) is 4.99. The predicted octanol–water partition coefficient (Wildman–Crippen LogP) is 4.79. The lowest BCUT2D eigenvalue weighted by Gasteiger charge is -2.10. The number of fused-ring (bicyclic) bond motifs is 1. The fraction of sp³-hybridized carbons (Fsp3) is 0.316. The van der Waals surface area contributed by atoms with Gasteiger partial charge in [-0.05, 0) is 50.6 Å². The quantitative estimate of drug-likeness (QED) is 0.667. The Balaban J connectivity index is 1.96. The number of aromatic nitrogens is 2. The Morgan fingerprint density at radius 3 is 2.52 bits per heavy atom. The van der Waals surface area contributed by atoms with E-state index >= 15 is 0 Å². The highest BCUT2D eigenvalue weighted by molar-refractivity contribution is 7.18. The fourth-order valence-electron chi connectivity index (χ4n) is 2.58. The molecular formula is C19H21N3O2S. The molecule has 6 heteroatoms. The van der Waals surface area contributed by atoms with Gasteiger partial charge in [0.25, 0.3) is 0 Å². The van der Waals surface area contributed by atoms with Crippen LogP contribution in [0.1, 0.15) is 40.5 Å². The van der Waals surface area contributed by atoms with E-state index in [9.17, 15) is 4.79 Å². The summed E-state index contributed by atoms with van der Waals surface area (Å²) in [6.45, 7) is 8.41. The number of benzene rings is 1. The first-order valence-electron chi connectivity index (χ1n) is 8.34.